The maximum absolute atomic E-state index is 12.6. The monoisotopic (exact) mass is 321 g/mol. The first-order valence-electron chi connectivity index (χ1n) is 8.48. The molecule has 2 aromatic carbocycles. The molecule has 0 bridgehead atoms. The minimum Gasteiger partial charge on any atom is -0.282 e. The van der Waals surface area contributed by atoms with Crippen LogP contribution in [0.25, 0.3) is 0 Å². The Morgan fingerprint density at radius 1 is 0.958 bits per heavy atom. The van der Waals surface area contributed by atoms with Gasteiger partial charge in [0.15, 0.2) is 0 Å². The van der Waals surface area contributed by atoms with E-state index in [-0.39, 0.29) is 17.7 Å². The van der Waals surface area contributed by atoms with Crippen molar-refractivity contribution in [1.29, 1.82) is 0 Å². The summed E-state index contributed by atoms with van der Waals surface area (Å²) in [5.41, 5.74) is 4.69. The zero-order valence-corrected chi connectivity index (χ0v) is 14.3. The quantitative estimate of drug-likeness (QED) is 0.791. The van der Waals surface area contributed by atoms with Crippen LogP contribution in [0.15, 0.2) is 48.5 Å². The van der Waals surface area contributed by atoms with Crippen molar-refractivity contribution in [3.8, 4) is 0 Å². The average Bonchev–Trinajstić information content (AvgIpc) is 2.79. The van der Waals surface area contributed by atoms with Crippen LogP contribution in [-0.2, 0) is 22.4 Å². The van der Waals surface area contributed by atoms with Crippen LogP contribution in [0.2, 0.25) is 0 Å². The van der Waals surface area contributed by atoms with Gasteiger partial charge in [0.1, 0.15) is 0 Å². The van der Waals surface area contributed by atoms with Crippen molar-refractivity contribution in [3.63, 3.8) is 0 Å². The Morgan fingerprint density at radius 2 is 1.62 bits per heavy atom. The van der Waals surface area contributed by atoms with Gasteiger partial charge in [-0.25, -0.2) is 0 Å². The summed E-state index contributed by atoms with van der Waals surface area (Å²) in [5, 5.41) is 0. The first kappa shape index (κ1) is 16.4. The van der Waals surface area contributed by atoms with E-state index in [1.54, 1.807) is 0 Å². The van der Waals surface area contributed by atoms with E-state index in [4.69, 9.17) is 0 Å². The van der Waals surface area contributed by atoms with Crippen LogP contribution >= 0.6 is 0 Å². The summed E-state index contributed by atoms with van der Waals surface area (Å²) in [6, 6.07) is 16.3. The van der Waals surface area contributed by atoms with Gasteiger partial charge in [-0.1, -0.05) is 59.7 Å². The zero-order chi connectivity index (χ0) is 17.1. The molecule has 0 radical (unpaired) electrons. The number of hydrogen-bond acceptors (Lipinski definition) is 2. The minimum absolute atomic E-state index is 0.0184. The molecule has 24 heavy (non-hydrogen) atoms. The van der Waals surface area contributed by atoms with E-state index in [2.05, 4.69) is 32.0 Å². The van der Waals surface area contributed by atoms with Gasteiger partial charge in [0.2, 0.25) is 11.8 Å². The Bertz CT molecular complexity index is 731. The molecule has 0 unspecified atom stereocenters. The van der Waals surface area contributed by atoms with Crippen LogP contribution in [0.5, 0.6) is 0 Å². The zero-order valence-electron chi connectivity index (χ0n) is 14.3. The number of imide groups is 1. The molecule has 1 heterocycles. The Balaban J connectivity index is 1.65. The molecule has 0 saturated carbocycles. The molecule has 1 fully saturated rings. The molecular formula is C21H23NO2. The lowest BCUT2D eigenvalue weighted by atomic mass is 9.95. The maximum Gasteiger partial charge on any atom is 0.233 e. The lowest BCUT2D eigenvalue weighted by Crippen LogP contribution is -2.33. The van der Waals surface area contributed by atoms with Crippen LogP contribution in [0.1, 0.15) is 28.7 Å². The van der Waals surface area contributed by atoms with Gasteiger partial charge in [-0.05, 0) is 37.8 Å². The first-order valence-corrected chi connectivity index (χ1v) is 8.48. The number of rotatable bonds is 5. The second-order valence-corrected chi connectivity index (χ2v) is 6.72. The topological polar surface area (TPSA) is 37.4 Å². The molecule has 124 valence electrons. The lowest BCUT2D eigenvalue weighted by Gasteiger charge is -2.15. The van der Waals surface area contributed by atoms with E-state index in [0.717, 1.165) is 11.1 Å². The molecule has 1 atom stereocenters. The second-order valence-electron chi connectivity index (χ2n) is 6.72. The fourth-order valence-electron chi connectivity index (χ4n) is 3.50. The molecule has 1 aliphatic heterocycles. The van der Waals surface area contributed by atoms with E-state index in [1.807, 2.05) is 30.3 Å². The van der Waals surface area contributed by atoms with Gasteiger partial charge in [0.25, 0.3) is 0 Å². The molecule has 1 aliphatic rings. The van der Waals surface area contributed by atoms with Gasteiger partial charge in [-0.2, -0.15) is 0 Å². The highest BCUT2D eigenvalue weighted by molar-refractivity contribution is 6.03. The summed E-state index contributed by atoms with van der Waals surface area (Å²) in [5.74, 6) is -0.269. The largest absolute Gasteiger partial charge is 0.282 e. The molecule has 3 rings (SSSR count). The van der Waals surface area contributed by atoms with Crippen molar-refractivity contribution >= 4 is 11.8 Å². The SMILES string of the molecule is Cc1cc(C)cc(C[C@H]2CC(=O)N(CCc3ccccc3)C2=O)c1. The van der Waals surface area contributed by atoms with Crippen LogP contribution in [0.3, 0.4) is 0 Å². The third-order valence-corrected chi connectivity index (χ3v) is 4.57. The Labute approximate surface area is 143 Å². The number of amides is 2. The van der Waals surface area contributed by atoms with Gasteiger partial charge < -0.3 is 0 Å². The molecule has 3 heteroatoms. The normalized spacial score (nSPS) is 17.6. The summed E-state index contributed by atoms with van der Waals surface area (Å²) in [6.07, 6.45) is 1.70. The van der Waals surface area contributed by atoms with Crippen LogP contribution < -0.4 is 0 Å². The van der Waals surface area contributed by atoms with Crippen molar-refractivity contribution in [2.75, 3.05) is 6.54 Å². The van der Waals surface area contributed by atoms with E-state index in [1.165, 1.54) is 16.0 Å². The highest BCUT2D eigenvalue weighted by atomic mass is 16.2. The van der Waals surface area contributed by atoms with Crippen LogP contribution in [-0.4, -0.2) is 23.3 Å². The van der Waals surface area contributed by atoms with Gasteiger partial charge in [0.05, 0.1) is 5.92 Å². The predicted molar refractivity (Wildman–Crippen MR) is 94.6 cm³/mol. The van der Waals surface area contributed by atoms with E-state index < -0.39 is 0 Å². The van der Waals surface area contributed by atoms with E-state index in [9.17, 15) is 9.59 Å². The number of aryl methyl sites for hydroxylation is 2. The molecule has 0 aliphatic carbocycles. The summed E-state index contributed by atoms with van der Waals surface area (Å²) < 4.78 is 0. The fraction of sp³-hybridized carbons (Fsp3) is 0.333. The number of hydrogen-bond donors (Lipinski definition) is 0. The fourth-order valence-corrected chi connectivity index (χ4v) is 3.50. The Hall–Kier alpha value is -2.42. The Morgan fingerprint density at radius 3 is 2.29 bits per heavy atom. The second kappa shape index (κ2) is 7.00. The molecule has 1 saturated heterocycles. The number of likely N-dealkylation sites (tertiary alicyclic amines) is 1. The van der Waals surface area contributed by atoms with Gasteiger partial charge in [0, 0.05) is 13.0 Å². The molecule has 0 N–H and O–H groups in total. The number of benzene rings is 2. The van der Waals surface area contributed by atoms with Crippen molar-refractivity contribution in [3.05, 3.63) is 70.8 Å². The summed E-state index contributed by atoms with van der Waals surface area (Å²) in [6.45, 7) is 4.60. The molecule has 0 aromatic heterocycles. The molecule has 3 nitrogen and oxygen atoms in total. The number of carbonyl (C=O) groups is 2. The van der Waals surface area contributed by atoms with Crippen molar-refractivity contribution in [1.82, 2.24) is 4.90 Å². The summed E-state index contributed by atoms with van der Waals surface area (Å²) >= 11 is 0. The van der Waals surface area contributed by atoms with Gasteiger partial charge in [-0.15, -0.1) is 0 Å². The molecule has 0 spiro atoms. The third kappa shape index (κ3) is 3.73. The highest BCUT2D eigenvalue weighted by Crippen LogP contribution is 2.25. The standard InChI is InChI=1S/C21H23NO2/c1-15-10-16(2)12-18(11-15)13-19-14-20(23)22(21(19)24)9-8-17-6-4-3-5-7-17/h3-7,10-12,19H,8-9,13-14H2,1-2H3/t19-/m0/s1. The molecule has 2 aromatic rings. The van der Waals surface area contributed by atoms with Crippen molar-refractivity contribution < 1.29 is 9.59 Å². The van der Waals surface area contributed by atoms with Crippen LogP contribution in [0, 0.1) is 19.8 Å². The highest BCUT2D eigenvalue weighted by Gasteiger charge is 2.37. The van der Waals surface area contributed by atoms with Gasteiger partial charge >= 0.3 is 0 Å². The summed E-state index contributed by atoms with van der Waals surface area (Å²) in [7, 11) is 0. The number of nitrogens with zero attached hydrogens (tertiary/aromatic N) is 1. The van der Waals surface area contributed by atoms with E-state index >= 15 is 0 Å². The average molecular weight is 321 g/mol. The van der Waals surface area contributed by atoms with Gasteiger partial charge in [-0.3, -0.25) is 14.5 Å². The molecule has 2 amide bonds. The van der Waals surface area contributed by atoms with Crippen molar-refractivity contribution in [2.24, 2.45) is 5.92 Å². The van der Waals surface area contributed by atoms with E-state index in [0.29, 0.717) is 25.8 Å². The third-order valence-electron chi connectivity index (χ3n) is 4.57. The predicted octanol–water partition coefficient (Wildman–Crippen LogP) is 3.46. The van der Waals surface area contributed by atoms with Crippen molar-refractivity contribution in [2.45, 2.75) is 33.1 Å². The first-order chi connectivity index (χ1) is 11.5. The lowest BCUT2D eigenvalue weighted by molar-refractivity contribution is -0.139. The minimum atomic E-state index is -0.213. The smallest absolute Gasteiger partial charge is 0.233 e. The number of carbonyl (C=O) groups excluding carboxylic acids is 2. The maximum atomic E-state index is 12.6. The van der Waals surface area contributed by atoms with Crippen LogP contribution in [0.4, 0.5) is 0 Å². The molecular weight excluding hydrogens is 298 g/mol. The Kier molecular flexibility index (Phi) is 4.79. The summed E-state index contributed by atoms with van der Waals surface area (Å²) in [4.78, 5) is 26.3.